The molecule has 0 radical (unpaired) electrons. The Morgan fingerprint density at radius 1 is 1.04 bits per heavy atom. The summed E-state index contributed by atoms with van der Waals surface area (Å²) in [6.07, 6.45) is 1.65. The number of nitrogens with zero attached hydrogens (tertiary/aromatic N) is 2. The molecule has 0 aliphatic heterocycles. The summed E-state index contributed by atoms with van der Waals surface area (Å²) in [5, 5.41) is 3.25. The third-order valence-corrected chi connectivity index (χ3v) is 4.00. The van der Waals surface area contributed by atoms with E-state index in [9.17, 15) is 4.79 Å². The number of anilines is 3. The van der Waals surface area contributed by atoms with Crippen LogP contribution in [-0.2, 0) is 0 Å². The number of amides is 1. The molecular formula is C21H21N3O2. The smallest absolute Gasteiger partial charge is 0.276 e. The lowest BCUT2D eigenvalue weighted by atomic mass is 10.2. The van der Waals surface area contributed by atoms with Crippen molar-refractivity contribution in [3.05, 3.63) is 78.6 Å². The van der Waals surface area contributed by atoms with Crippen molar-refractivity contribution in [2.45, 2.75) is 6.92 Å². The van der Waals surface area contributed by atoms with Crippen LogP contribution in [-0.4, -0.2) is 24.5 Å². The minimum Gasteiger partial charge on any atom is -0.495 e. The molecule has 0 unspecified atom stereocenters. The summed E-state index contributed by atoms with van der Waals surface area (Å²) in [5.41, 5.74) is 2.89. The van der Waals surface area contributed by atoms with Crippen LogP contribution in [0.4, 0.5) is 17.1 Å². The third kappa shape index (κ3) is 3.83. The summed E-state index contributed by atoms with van der Waals surface area (Å²) in [6.45, 7) is 2.52. The van der Waals surface area contributed by atoms with Crippen molar-refractivity contribution in [3.63, 3.8) is 0 Å². The predicted molar refractivity (Wildman–Crippen MR) is 104 cm³/mol. The Hall–Kier alpha value is -3.34. The predicted octanol–water partition coefficient (Wildman–Crippen LogP) is 4.50. The number of hydrogen-bond acceptors (Lipinski definition) is 4. The first-order chi connectivity index (χ1) is 12.7. The first kappa shape index (κ1) is 17.5. The molecular weight excluding hydrogens is 326 g/mol. The van der Waals surface area contributed by atoms with Gasteiger partial charge in [-0.2, -0.15) is 0 Å². The van der Waals surface area contributed by atoms with Crippen LogP contribution >= 0.6 is 0 Å². The number of carbonyl (C=O) groups is 1. The average molecular weight is 347 g/mol. The molecule has 0 fully saturated rings. The van der Waals surface area contributed by atoms with Gasteiger partial charge in [-0.05, 0) is 43.3 Å². The number of para-hydroxylation sites is 3. The second kappa shape index (κ2) is 8.16. The molecule has 1 N–H and O–H groups in total. The Bertz CT molecular complexity index is 864. The van der Waals surface area contributed by atoms with Gasteiger partial charge >= 0.3 is 0 Å². The monoisotopic (exact) mass is 347 g/mol. The highest BCUT2D eigenvalue weighted by atomic mass is 16.5. The maximum Gasteiger partial charge on any atom is 0.276 e. The lowest BCUT2D eigenvalue weighted by molar-refractivity contribution is 0.0983. The molecule has 132 valence electrons. The van der Waals surface area contributed by atoms with Gasteiger partial charge in [0.15, 0.2) is 0 Å². The van der Waals surface area contributed by atoms with E-state index in [4.69, 9.17) is 4.74 Å². The lowest BCUT2D eigenvalue weighted by Gasteiger charge is -2.20. The topological polar surface area (TPSA) is 54.5 Å². The van der Waals surface area contributed by atoms with Gasteiger partial charge in [-0.1, -0.05) is 30.3 Å². The molecule has 0 aliphatic rings. The van der Waals surface area contributed by atoms with Crippen LogP contribution < -0.4 is 15.0 Å². The minimum absolute atomic E-state index is 0.123. The summed E-state index contributed by atoms with van der Waals surface area (Å²) >= 11 is 0. The highest BCUT2D eigenvalue weighted by Crippen LogP contribution is 2.26. The Kier molecular flexibility index (Phi) is 5.49. The van der Waals surface area contributed by atoms with E-state index in [-0.39, 0.29) is 5.91 Å². The van der Waals surface area contributed by atoms with Gasteiger partial charge in [0.05, 0.1) is 24.7 Å². The van der Waals surface area contributed by atoms with Gasteiger partial charge in [0, 0.05) is 12.2 Å². The normalized spacial score (nSPS) is 10.2. The van der Waals surface area contributed by atoms with E-state index in [0.29, 0.717) is 12.2 Å². The number of hydrogen-bond donors (Lipinski definition) is 1. The molecule has 0 atom stereocenters. The number of pyridine rings is 1. The number of methoxy groups -OCH3 is 1. The van der Waals surface area contributed by atoms with Crippen molar-refractivity contribution in [3.8, 4) is 5.75 Å². The SMILES string of the molecule is CCN(C(=O)c1ccc(Nc2ccccc2OC)cn1)c1ccccc1. The maximum absolute atomic E-state index is 12.8. The summed E-state index contributed by atoms with van der Waals surface area (Å²) in [5.74, 6) is 0.622. The van der Waals surface area contributed by atoms with Crippen LogP contribution in [0.2, 0.25) is 0 Å². The van der Waals surface area contributed by atoms with Crippen LogP contribution in [0.25, 0.3) is 0 Å². The first-order valence-electron chi connectivity index (χ1n) is 8.46. The van der Waals surface area contributed by atoms with Gasteiger partial charge < -0.3 is 15.0 Å². The van der Waals surface area contributed by atoms with E-state index in [2.05, 4.69) is 10.3 Å². The number of rotatable bonds is 6. The van der Waals surface area contributed by atoms with Crippen molar-refractivity contribution >= 4 is 23.0 Å². The molecule has 0 spiro atoms. The fourth-order valence-electron chi connectivity index (χ4n) is 2.69. The summed E-state index contributed by atoms with van der Waals surface area (Å²) < 4.78 is 5.33. The molecule has 0 aliphatic carbocycles. The highest BCUT2D eigenvalue weighted by Gasteiger charge is 2.17. The molecule has 0 bridgehead atoms. The molecule has 26 heavy (non-hydrogen) atoms. The molecule has 3 aromatic rings. The van der Waals surface area contributed by atoms with Gasteiger partial charge in [-0.15, -0.1) is 0 Å². The molecule has 0 saturated carbocycles. The van der Waals surface area contributed by atoms with E-state index >= 15 is 0 Å². The van der Waals surface area contributed by atoms with Crippen LogP contribution in [0.15, 0.2) is 72.9 Å². The Balaban J connectivity index is 1.77. The Morgan fingerprint density at radius 2 is 1.77 bits per heavy atom. The number of aromatic nitrogens is 1. The van der Waals surface area contributed by atoms with Crippen molar-refractivity contribution in [1.82, 2.24) is 4.98 Å². The lowest BCUT2D eigenvalue weighted by Crippen LogP contribution is -2.31. The summed E-state index contributed by atoms with van der Waals surface area (Å²) in [7, 11) is 1.63. The zero-order valence-corrected chi connectivity index (χ0v) is 14.8. The quantitative estimate of drug-likeness (QED) is 0.713. The Labute approximate surface area is 153 Å². The van der Waals surface area contributed by atoms with Gasteiger partial charge in [-0.25, -0.2) is 4.98 Å². The summed E-state index contributed by atoms with van der Waals surface area (Å²) in [6, 6.07) is 20.8. The minimum atomic E-state index is -0.123. The van der Waals surface area contributed by atoms with Crippen molar-refractivity contribution in [1.29, 1.82) is 0 Å². The zero-order valence-electron chi connectivity index (χ0n) is 14.8. The molecule has 1 heterocycles. The van der Waals surface area contributed by atoms with E-state index in [1.807, 2.05) is 67.6 Å². The fraction of sp³-hybridized carbons (Fsp3) is 0.143. The number of benzene rings is 2. The summed E-state index contributed by atoms with van der Waals surface area (Å²) in [4.78, 5) is 18.8. The first-order valence-corrected chi connectivity index (χ1v) is 8.46. The second-order valence-corrected chi connectivity index (χ2v) is 5.64. The van der Waals surface area contributed by atoms with E-state index in [1.165, 1.54) is 0 Å². The molecule has 5 nitrogen and oxygen atoms in total. The highest BCUT2D eigenvalue weighted by molar-refractivity contribution is 6.04. The van der Waals surface area contributed by atoms with Gasteiger partial charge in [-0.3, -0.25) is 4.79 Å². The van der Waals surface area contributed by atoms with Gasteiger partial charge in [0.2, 0.25) is 0 Å². The van der Waals surface area contributed by atoms with Crippen molar-refractivity contribution < 1.29 is 9.53 Å². The van der Waals surface area contributed by atoms with Crippen molar-refractivity contribution in [2.75, 3.05) is 23.9 Å². The van der Waals surface area contributed by atoms with E-state index in [0.717, 1.165) is 22.8 Å². The molecule has 2 aromatic carbocycles. The average Bonchev–Trinajstić information content (AvgIpc) is 2.70. The number of ether oxygens (including phenoxy) is 1. The molecule has 1 amide bonds. The van der Waals surface area contributed by atoms with Gasteiger partial charge in [0.1, 0.15) is 11.4 Å². The molecule has 0 saturated heterocycles. The zero-order chi connectivity index (χ0) is 18.4. The third-order valence-electron chi connectivity index (χ3n) is 4.00. The number of nitrogens with one attached hydrogen (secondary N) is 1. The molecule has 1 aromatic heterocycles. The van der Waals surface area contributed by atoms with Crippen LogP contribution in [0, 0.1) is 0 Å². The van der Waals surface area contributed by atoms with E-state index < -0.39 is 0 Å². The van der Waals surface area contributed by atoms with Crippen LogP contribution in [0.5, 0.6) is 5.75 Å². The van der Waals surface area contributed by atoms with Gasteiger partial charge in [0.25, 0.3) is 5.91 Å². The van der Waals surface area contributed by atoms with Crippen LogP contribution in [0.1, 0.15) is 17.4 Å². The number of carbonyl (C=O) groups excluding carboxylic acids is 1. The maximum atomic E-state index is 12.8. The second-order valence-electron chi connectivity index (χ2n) is 5.64. The van der Waals surface area contributed by atoms with E-state index in [1.54, 1.807) is 24.3 Å². The fourth-order valence-corrected chi connectivity index (χ4v) is 2.69. The van der Waals surface area contributed by atoms with Crippen molar-refractivity contribution in [2.24, 2.45) is 0 Å². The standard InChI is InChI=1S/C21H21N3O2/c1-3-24(17-9-5-4-6-10-17)21(25)19-14-13-16(15-22-19)23-18-11-7-8-12-20(18)26-2/h4-15,23H,3H2,1-2H3. The molecule has 3 rings (SSSR count). The largest absolute Gasteiger partial charge is 0.495 e. The molecule has 5 heteroatoms. The Morgan fingerprint density at radius 3 is 2.42 bits per heavy atom. The van der Waals surface area contributed by atoms with Crippen LogP contribution in [0.3, 0.4) is 0 Å².